The zero-order chi connectivity index (χ0) is 19.9. The fraction of sp³-hybridized carbons (Fsp3) is 0.318. The number of carbonyl (C=O) groups is 2. The molecule has 2 rings (SSSR count). The van der Waals surface area contributed by atoms with E-state index >= 15 is 0 Å². The molecule has 0 aliphatic carbocycles. The Bertz CT molecular complexity index is 812. The minimum atomic E-state index is -1.22. The monoisotopic (exact) mass is 364 g/mol. The summed E-state index contributed by atoms with van der Waals surface area (Å²) in [6.45, 7) is 0. The number of hydrogen-bond donors (Lipinski definition) is 0. The second-order valence-corrected chi connectivity index (χ2v) is 6.66. The van der Waals surface area contributed by atoms with Crippen molar-refractivity contribution < 1.29 is 14.3 Å². The summed E-state index contributed by atoms with van der Waals surface area (Å²) in [5, 5.41) is 10.3. The first kappa shape index (κ1) is 20.2. The third-order valence-electron chi connectivity index (χ3n) is 4.81. The van der Waals surface area contributed by atoms with Crippen LogP contribution in [0.25, 0.3) is 0 Å². The standard InChI is InChI=1S/C22H24N2O3/c1-24(2)20(25)14-19(17-10-6-4-7-11-17)22(16-23,15-21(26)27-3)18-12-8-5-9-13-18/h4-13,19H,14-15H2,1-3H3/t19-,22+/m0/s1. The number of amides is 1. The molecule has 0 saturated heterocycles. The Morgan fingerprint density at radius 3 is 2.11 bits per heavy atom. The second-order valence-electron chi connectivity index (χ2n) is 6.66. The van der Waals surface area contributed by atoms with Gasteiger partial charge in [-0.25, -0.2) is 0 Å². The molecule has 0 aliphatic rings. The average molecular weight is 364 g/mol. The first-order valence-electron chi connectivity index (χ1n) is 8.73. The van der Waals surface area contributed by atoms with E-state index in [1.54, 1.807) is 14.1 Å². The largest absolute Gasteiger partial charge is 0.469 e. The number of benzene rings is 2. The van der Waals surface area contributed by atoms with Gasteiger partial charge >= 0.3 is 5.97 Å². The van der Waals surface area contributed by atoms with Gasteiger partial charge in [-0.3, -0.25) is 9.59 Å². The molecular formula is C22H24N2O3. The Morgan fingerprint density at radius 2 is 1.63 bits per heavy atom. The van der Waals surface area contributed by atoms with Gasteiger partial charge in [0.25, 0.3) is 0 Å². The van der Waals surface area contributed by atoms with Crippen molar-refractivity contribution in [2.45, 2.75) is 24.2 Å². The van der Waals surface area contributed by atoms with Crippen LogP contribution in [-0.4, -0.2) is 38.0 Å². The van der Waals surface area contributed by atoms with Gasteiger partial charge in [0.15, 0.2) is 0 Å². The maximum atomic E-state index is 12.6. The van der Waals surface area contributed by atoms with Crippen LogP contribution in [-0.2, 0) is 19.7 Å². The summed E-state index contributed by atoms with van der Waals surface area (Å²) < 4.78 is 4.88. The Hall–Kier alpha value is -3.13. The average Bonchev–Trinajstić information content (AvgIpc) is 2.71. The maximum absolute atomic E-state index is 12.6. The molecule has 0 unspecified atom stereocenters. The number of hydrogen-bond acceptors (Lipinski definition) is 4. The molecule has 0 N–H and O–H groups in total. The van der Waals surface area contributed by atoms with E-state index in [-0.39, 0.29) is 18.7 Å². The molecule has 140 valence electrons. The van der Waals surface area contributed by atoms with Gasteiger partial charge in [0.1, 0.15) is 0 Å². The smallest absolute Gasteiger partial charge is 0.307 e. The van der Waals surface area contributed by atoms with Gasteiger partial charge < -0.3 is 9.64 Å². The van der Waals surface area contributed by atoms with E-state index in [1.807, 2.05) is 60.7 Å². The second kappa shape index (κ2) is 9.00. The normalized spacial score (nSPS) is 13.7. The van der Waals surface area contributed by atoms with Crippen molar-refractivity contribution >= 4 is 11.9 Å². The van der Waals surface area contributed by atoms with Crippen LogP contribution in [0.3, 0.4) is 0 Å². The predicted molar refractivity (Wildman–Crippen MR) is 103 cm³/mol. The van der Waals surface area contributed by atoms with Gasteiger partial charge in [0.05, 0.1) is 25.0 Å². The lowest BCUT2D eigenvalue weighted by atomic mass is 9.65. The highest BCUT2D eigenvalue weighted by molar-refractivity contribution is 5.78. The highest BCUT2D eigenvalue weighted by Gasteiger charge is 2.45. The summed E-state index contributed by atoms with van der Waals surface area (Å²) >= 11 is 0. The minimum Gasteiger partial charge on any atom is -0.469 e. The van der Waals surface area contributed by atoms with Crippen LogP contribution in [0.2, 0.25) is 0 Å². The highest BCUT2D eigenvalue weighted by atomic mass is 16.5. The number of nitriles is 1. The third kappa shape index (κ3) is 4.53. The topological polar surface area (TPSA) is 70.4 Å². The Morgan fingerprint density at radius 1 is 1.07 bits per heavy atom. The van der Waals surface area contributed by atoms with Gasteiger partial charge in [0, 0.05) is 26.4 Å². The first-order valence-corrected chi connectivity index (χ1v) is 8.73. The van der Waals surface area contributed by atoms with Crippen molar-refractivity contribution in [1.29, 1.82) is 5.26 Å². The molecule has 5 nitrogen and oxygen atoms in total. The van der Waals surface area contributed by atoms with Crippen LogP contribution in [0.5, 0.6) is 0 Å². The van der Waals surface area contributed by atoms with Crippen molar-refractivity contribution in [3.8, 4) is 6.07 Å². The Kier molecular flexibility index (Phi) is 6.73. The first-order chi connectivity index (χ1) is 12.9. The third-order valence-corrected chi connectivity index (χ3v) is 4.81. The molecule has 1 amide bonds. The molecule has 0 heterocycles. The van der Waals surface area contributed by atoms with E-state index in [0.717, 1.165) is 5.56 Å². The lowest BCUT2D eigenvalue weighted by molar-refractivity contribution is -0.142. The number of nitrogens with zero attached hydrogens (tertiary/aromatic N) is 2. The van der Waals surface area contributed by atoms with Crippen LogP contribution < -0.4 is 0 Å². The fourth-order valence-electron chi connectivity index (χ4n) is 3.26. The number of rotatable bonds is 7. The summed E-state index contributed by atoms with van der Waals surface area (Å²) in [6, 6.07) is 20.9. The summed E-state index contributed by atoms with van der Waals surface area (Å²) in [7, 11) is 4.67. The van der Waals surface area contributed by atoms with Gasteiger partial charge in [-0.1, -0.05) is 60.7 Å². The van der Waals surface area contributed by atoms with Crippen LogP contribution in [0, 0.1) is 11.3 Å². The van der Waals surface area contributed by atoms with E-state index in [0.29, 0.717) is 5.56 Å². The van der Waals surface area contributed by atoms with Gasteiger partial charge in [-0.2, -0.15) is 5.26 Å². The zero-order valence-electron chi connectivity index (χ0n) is 15.9. The lowest BCUT2D eigenvalue weighted by Crippen LogP contribution is -2.38. The SMILES string of the molecule is COC(=O)C[C@@](C#N)(c1ccccc1)[C@@H](CC(=O)N(C)C)c1ccccc1. The summed E-state index contributed by atoms with van der Waals surface area (Å²) in [4.78, 5) is 26.3. The molecule has 0 bridgehead atoms. The van der Waals surface area contributed by atoms with Crippen molar-refractivity contribution in [3.05, 3.63) is 71.8 Å². The highest BCUT2D eigenvalue weighted by Crippen LogP contribution is 2.44. The fourth-order valence-corrected chi connectivity index (χ4v) is 3.26. The summed E-state index contributed by atoms with van der Waals surface area (Å²) in [5.41, 5.74) is 0.307. The van der Waals surface area contributed by atoms with E-state index < -0.39 is 17.3 Å². The van der Waals surface area contributed by atoms with Gasteiger partial charge in [-0.15, -0.1) is 0 Å². The molecule has 2 aromatic rings. The molecular weight excluding hydrogens is 340 g/mol. The molecule has 2 aromatic carbocycles. The number of carbonyl (C=O) groups excluding carboxylic acids is 2. The quantitative estimate of drug-likeness (QED) is 0.707. The van der Waals surface area contributed by atoms with Gasteiger partial charge in [0.2, 0.25) is 5.91 Å². The lowest BCUT2D eigenvalue weighted by Gasteiger charge is -2.35. The number of ether oxygens (including phenoxy) is 1. The van der Waals surface area contributed by atoms with E-state index in [4.69, 9.17) is 4.74 Å². The van der Waals surface area contributed by atoms with Crippen molar-refractivity contribution in [2.24, 2.45) is 0 Å². The van der Waals surface area contributed by atoms with Crippen molar-refractivity contribution in [3.63, 3.8) is 0 Å². The molecule has 27 heavy (non-hydrogen) atoms. The Labute approximate surface area is 160 Å². The van der Waals surface area contributed by atoms with Crippen LogP contribution in [0.15, 0.2) is 60.7 Å². The van der Waals surface area contributed by atoms with Gasteiger partial charge in [-0.05, 0) is 11.1 Å². The summed E-state index contributed by atoms with van der Waals surface area (Å²) in [6.07, 6.45) is -0.0270. The summed E-state index contributed by atoms with van der Waals surface area (Å²) in [5.74, 6) is -1.09. The van der Waals surface area contributed by atoms with Crippen LogP contribution in [0.4, 0.5) is 0 Å². The molecule has 0 radical (unpaired) electrons. The molecule has 0 fully saturated rings. The molecule has 0 aliphatic heterocycles. The molecule has 0 aromatic heterocycles. The number of methoxy groups -OCH3 is 1. The zero-order valence-corrected chi connectivity index (χ0v) is 15.9. The van der Waals surface area contributed by atoms with E-state index in [2.05, 4.69) is 6.07 Å². The minimum absolute atomic E-state index is 0.107. The molecule has 5 heteroatoms. The molecule has 0 spiro atoms. The van der Waals surface area contributed by atoms with Crippen LogP contribution >= 0.6 is 0 Å². The van der Waals surface area contributed by atoms with Crippen LogP contribution in [0.1, 0.15) is 29.9 Å². The number of esters is 1. The predicted octanol–water partition coefficient (Wildman–Crippen LogP) is 3.27. The van der Waals surface area contributed by atoms with E-state index in [9.17, 15) is 14.9 Å². The van der Waals surface area contributed by atoms with Crippen molar-refractivity contribution in [1.82, 2.24) is 4.90 Å². The van der Waals surface area contributed by atoms with Crippen molar-refractivity contribution in [2.75, 3.05) is 21.2 Å². The molecule has 2 atom stereocenters. The molecule has 0 saturated carbocycles. The van der Waals surface area contributed by atoms with E-state index in [1.165, 1.54) is 12.0 Å². The Balaban J connectivity index is 2.67. The maximum Gasteiger partial charge on any atom is 0.307 e.